The third kappa shape index (κ3) is 4.98. The molecule has 194 valence electrons. The first-order valence-electron chi connectivity index (χ1n) is 12.9. The molecule has 0 saturated heterocycles. The largest absolute Gasteiger partial charge is 0.497 e. The Kier molecular flexibility index (Phi) is 7.38. The smallest absolute Gasteiger partial charge is 0.145 e. The zero-order valence-electron chi connectivity index (χ0n) is 22.4. The van der Waals surface area contributed by atoms with Crippen LogP contribution in [0.25, 0.3) is 33.3 Å². The molecule has 5 nitrogen and oxygen atoms in total. The second-order valence-electron chi connectivity index (χ2n) is 9.65. The van der Waals surface area contributed by atoms with Crippen LogP contribution in [-0.4, -0.2) is 36.5 Å². The zero-order valence-corrected chi connectivity index (χ0v) is 22.4. The van der Waals surface area contributed by atoms with Gasteiger partial charge in [0.15, 0.2) is 0 Å². The lowest BCUT2D eigenvalue weighted by atomic mass is 9.97. The van der Waals surface area contributed by atoms with Gasteiger partial charge in [0.05, 0.1) is 43.8 Å². The molecule has 1 atom stereocenters. The van der Waals surface area contributed by atoms with E-state index in [0.29, 0.717) is 18.8 Å². The summed E-state index contributed by atoms with van der Waals surface area (Å²) in [6.45, 7) is 5.09. The minimum Gasteiger partial charge on any atom is -0.497 e. The van der Waals surface area contributed by atoms with Crippen molar-refractivity contribution in [3.8, 4) is 33.9 Å². The van der Waals surface area contributed by atoms with Crippen molar-refractivity contribution < 1.29 is 14.6 Å². The summed E-state index contributed by atoms with van der Waals surface area (Å²) in [5, 5.41) is 15.9. The first-order valence-corrected chi connectivity index (χ1v) is 12.9. The summed E-state index contributed by atoms with van der Waals surface area (Å²) in [6.07, 6.45) is -0.649. The Balaban J connectivity index is 1.59. The first-order chi connectivity index (χ1) is 18.5. The number of rotatable bonds is 9. The van der Waals surface area contributed by atoms with E-state index in [1.165, 1.54) is 22.1 Å². The van der Waals surface area contributed by atoms with E-state index in [-0.39, 0.29) is 0 Å². The van der Waals surface area contributed by atoms with Crippen LogP contribution in [0.1, 0.15) is 11.1 Å². The minimum absolute atomic E-state index is 0.363. The van der Waals surface area contributed by atoms with Gasteiger partial charge >= 0.3 is 0 Å². The fourth-order valence-electron chi connectivity index (χ4n) is 5.31. The second kappa shape index (κ2) is 11.0. The van der Waals surface area contributed by atoms with Crippen LogP contribution in [0, 0.1) is 13.8 Å². The van der Waals surface area contributed by atoms with E-state index in [4.69, 9.17) is 9.47 Å². The molecule has 1 unspecified atom stereocenters. The highest BCUT2D eigenvalue weighted by Gasteiger charge is 2.23. The molecule has 0 aliphatic rings. The molecular weight excluding hydrogens is 472 g/mol. The van der Waals surface area contributed by atoms with Crippen molar-refractivity contribution in [3.63, 3.8) is 0 Å². The number of ether oxygens (including phenoxy) is 2. The number of anilines is 1. The van der Waals surface area contributed by atoms with Crippen molar-refractivity contribution in [2.24, 2.45) is 0 Å². The molecule has 5 aromatic rings. The SMILES string of the molecule is COc1ccc(NCC(O)Cn2c(-c3ccccc3)c(-c3ccccc3)c3cc(C)cc(C)c32)c(OC)c1. The Labute approximate surface area is 224 Å². The number of aryl methyl sites for hydroxylation is 2. The van der Waals surface area contributed by atoms with Crippen LogP contribution in [0.5, 0.6) is 11.5 Å². The molecule has 1 aromatic heterocycles. The lowest BCUT2D eigenvalue weighted by molar-refractivity contribution is 0.168. The van der Waals surface area contributed by atoms with E-state index >= 15 is 0 Å². The van der Waals surface area contributed by atoms with Crippen molar-refractivity contribution in [3.05, 3.63) is 102 Å². The number of methoxy groups -OCH3 is 2. The van der Waals surface area contributed by atoms with E-state index in [1.807, 2.05) is 30.3 Å². The third-order valence-electron chi connectivity index (χ3n) is 6.93. The predicted octanol–water partition coefficient (Wildman–Crippen LogP) is 7.08. The van der Waals surface area contributed by atoms with Gasteiger partial charge in [0.25, 0.3) is 0 Å². The molecule has 0 aliphatic carbocycles. The van der Waals surface area contributed by atoms with Crippen LogP contribution in [-0.2, 0) is 6.54 Å². The quantitative estimate of drug-likeness (QED) is 0.224. The van der Waals surface area contributed by atoms with Gasteiger partial charge in [-0.1, -0.05) is 72.3 Å². The highest BCUT2D eigenvalue weighted by atomic mass is 16.5. The fourth-order valence-corrected chi connectivity index (χ4v) is 5.31. The molecular formula is C33H34N2O3. The maximum atomic E-state index is 11.3. The molecule has 0 radical (unpaired) electrons. The number of fused-ring (bicyclic) bond motifs is 1. The maximum absolute atomic E-state index is 11.3. The van der Waals surface area contributed by atoms with Gasteiger partial charge in [-0.3, -0.25) is 0 Å². The van der Waals surface area contributed by atoms with Crippen LogP contribution in [0.2, 0.25) is 0 Å². The van der Waals surface area contributed by atoms with Gasteiger partial charge < -0.3 is 24.5 Å². The highest BCUT2D eigenvalue weighted by Crippen LogP contribution is 2.42. The number of hydrogen-bond acceptors (Lipinski definition) is 4. The monoisotopic (exact) mass is 506 g/mol. The first kappa shape index (κ1) is 25.4. The van der Waals surface area contributed by atoms with Gasteiger partial charge in [-0.25, -0.2) is 0 Å². The summed E-state index contributed by atoms with van der Waals surface area (Å²) < 4.78 is 13.1. The van der Waals surface area contributed by atoms with Crippen molar-refractivity contribution >= 4 is 16.6 Å². The number of hydrogen-bond donors (Lipinski definition) is 2. The number of nitrogens with zero attached hydrogens (tertiary/aromatic N) is 1. The van der Waals surface area contributed by atoms with Crippen molar-refractivity contribution in [1.29, 1.82) is 0 Å². The summed E-state index contributed by atoms with van der Waals surface area (Å²) in [4.78, 5) is 0. The normalized spacial score (nSPS) is 11.9. The van der Waals surface area contributed by atoms with Crippen LogP contribution in [0.3, 0.4) is 0 Å². The molecule has 1 heterocycles. The van der Waals surface area contributed by atoms with E-state index < -0.39 is 6.10 Å². The molecule has 5 heteroatoms. The topological polar surface area (TPSA) is 55.6 Å². The number of aliphatic hydroxyl groups excluding tert-OH is 1. The molecule has 0 spiro atoms. The molecule has 38 heavy (non-hydrogen) atoms. The molecule has 0 aliphatic heterocycles. The van der Waals surface area contributed by atoms with Crippen molar-refractivity contribution in [1.82, 2.24) is 4.57 Å². The van der Waals surface area contributed by atoms with Gasteiger partial charge in [-0.2, -0.15) is 0 Å². The summed E-state index contributed by atoms with van der Waals surface area (Å²) >= 11 is 0. The van der Waals surface area contributed by atoms with E-state index in [1.54, 1.807) is 14.2 Å². The van der Waals surface area contributed by atoms with E-state index in [9.17, 15) is 5.11 Å². The van der Waals surface area contributed by atoms with Crippen LogP contribution in [0.15, 0.2) is 91.0 Å². The van der Waals surface area contributed by atoms with Crippen molar-refractivity contribution in [2.45, 2.75) is 26.5 Å². The fraction of sp³-hybridized carbons (Fsp3) is 0.212. The Bertz CT molecular complexity index is 1540. The second-order valence-corrected chi connectivity index (χ2v) is 9.65. The summed E-state index contributed by atoms with van der Waals surface area (Å²) in [5.41, 5.74) is 8.96. The van der Waals surface area contributed by atoms with Crippen LogP contribution < -0.4 is 14.8 Å². The Morgan fingerprint density at radius 1 is 0.816 bits per heavy atom. The summed E-state index contributed by atoms with van der Waals surface area (Å²) in [7, 11) is 3.26. The zero-order chi connectivity index (χ0) is 26.6. The van der Waals surface area contributed by atoms with Crippen LogP contribution >= 0.6 is 0 Å². The lowest BCUT2D eigenvalue weighted by Gasteiger charge is -2.19. The van der Waals surface area contributed by atoms with Gasteiger partial charge in [0.1, 0.15) is 11.5 Å². The summed E-state index contributed by atoms with van der Waals surface area (Å²) in [5.74, 6) is 1.39. The molecule has 0 bridgehead atoms. The predicted molar refractivity (Wildman–Crippen MR) is 156 cm³/mol. The average Bonchev–Trinajstić information content (AvgIpc) is 3.26. The lowest BCUT2D eigenvalue weighted by Crippen LogP contribution is -2.25. The molecule has 5 rings (SSSR count). The standard InChI is InChI=1S/C33H34N2O3/c1-22-17-23(2)32-28(18-22)31(24-11-7-5-8-12-24)33(25-13-9-6-10-14-25)35(32)21-26(36)20-34-29-16-15-27(37-3)19-30(29)38-4/h5-19,26,34,36H,20-21H2,1-4H3. The molecule has 0 saturated carbocycles. The van der Waals surface area contributed by atoms with Gasteiger partial charge in [0, 0.05) is 23.6 Å². The number of nitrogens with one attached hydrogen (secondary N) is 1. The Morgan fingerprint density at radius 3 is 2.16 bits per heavy atom. The van der Waals surface area contributed by atoms with Crippen LogP contribution in [0.4, 0.5) is 5.69 Å². The Hall–Kier alpha value is -4.22. The van der Waals surface area contributed by atoms with Crippen molar-refractivity contribution in [2.75, 3.05) is 26.1 Å². The molecule has 4 aromatic carbocycles. The van der Waals surface area contributed by atoms with Gasteiger partial charge in [-0.15, -0.1) is 0 Å². The number of benzene rings is 4. The van der Waals surface area contributed by atoms with Gasteiger partial charge in [0.2, 0.25) is 0 Å². The van der Waals surface area contributed by atoms with E-state index in [2.05, 4.69) is 84.4 Å². The highest BCUT2D eigenvalue weighted by molar-refractivity contribution is 6.06. The van der Waals surface area contributed by atoms with E-state index in [0.717, 1.165) is 33.8 Å². The average molecular weight is 507 g/mol. The van der Waals surface area contributed by atoms with Gasteiger partial charge in [-0.05, 0) is 48.7 Å². The minimum atomic E-state index is -0.649. The number of aliphatic hydroxyl groups is 1. The molecule has 0 amide bonds. The molecule has 2 N–H and O–H groups in total. The molecule has 0 fully saturated rings. The number of aromatic nitrogens is 1. The Morgan fingerprint density at radius 2 is 1.50 bits per heavy atom. The third-order valence-corrected chi connectivity index (χ3v) is 6.93. The maximum Gasteiger partial charge on any atom is 0.145 e. The summed E-state index contributed by atoms with van der Waals surface area (Å²) in [6, 6.07) is 31.1.